The number of nitrogens with zero attached hydrogens (tertiary/aromatic N) is 2. The predicted molar refractivity (Wildman–Crippen MR) is 77.1 cm³/mol. The summed E-state index contributed by atoms with van der Waals surface area (Å²) in [5.74, 6) is -0.279. The van der Waals surface area contributed by atoms with Crippen molar-refractivity contribution in [3.63, 3.8) is 0 Å². The molecule has 1 aliphatic heterocycles. The van der Waals surface area contributed by atoms with Gasteiger partial charge < -0.3 is 10.1 Å². The normalized spacial score (nSPS) is 21.2. The van der Waals surface area contributed by atoms with Gasteiger partial charge in [0.2, 0.25) is 0 Å². The number of hydrogen-bond acceptors (Lipinski definition) is 4. The van der Waals surface area contributed by atoms with Gasteiger partial charge in [0.25, 0.3) is 0 Å². The first-order valence-corrected chi connectivity index (χ1v) is 7.27. The Morgan fingerprint density at radius 2 is 2.40 bits per heavy atom. The highest BCUT2D eigenvalue weighted by Gasteiger charge is 2.24. The van der Waals surface area contributed by atoms with Crippen molar-refractivity contribution in [2.45, 2.75) is 31.8 Å². The number of aromatic nitrogens is 1. The third kappa shape index (κ3) is 4.23. The Hall–Kier alpha value is -1.04. The van der Waals surface area contributed by atoms with Gasteiger partial charge in [-0.05, 0) is 37.9 Å². The molecule has 4 nitrogen and oxygen atoms in total. The van der Waals surface area contributed by atoms with Gasteiger partial charge in [-0.1, -0.05) is 0 Å². The molecule has 0 spiro atoms. The van der Waals surface area contributed by atoms with E-state index in [1.807, 2.05) is 6.92 Å². The zero-order valence-electron chi connectivity index (χ0n) is 12.3. The standard InChI is InChI=1S/C15H24FN3O/c1-12(13-8-14(16)10-17-9-13)18-11-15-4-3-5-19(15)6-7-20-2/h8-10,12,15,18H,3-7,11H2,1-2H3/t12-,15+/m1/s1. The molecule has 112 valence electrons. The number of rotatable bonds is 7. The van der Waals surface area contributed by atoms with Crippen LogP contribution in [0.25, 0.3) is 0 Å². The fourth-order valence-electron chi connectivity index (χ4n) is 2.72. The van der Waals surface area contributed by atoms with Crippen molar-refractivity contribution in [2.75, 3.05) is 33.4 Å². The third-order valence-electron chi connectivity index (χ3n) is 3.97. The molecule has 1 N–H and O–H groups in total. The van der Waals surface area contributed by atoms with Crippen LogP contribution in [0.1, 0.15) is 31.4 Å². The summed E-state index contributed by atoms with van der Waals surface area (Å²) in [6.45, 7) is 5.87. The summed E-state index contributed by atoms with van der Waals surface area (Å²) in [7, 11) is 1.74. The Labute approximate surface area is 120 Å². The number of halogens is 1. The van der Waals surface area contributed by atoms with Crippen molar-refractivity contribution in [3.8, 4) is 0 Å². The summed E-state index contributed by atoms with van der Waals surface area (Å²) in [5.41, 5.74) is 0.895. The molecule has 0 unspecified atom stereocenters. The molecule has 0 radical (unpaired) electrons. The molecule has 2 atom stereocenters. The first-order valence-electron chi connectivity index (χ1n) is 7.27. The van der Waals surface area contributed by atoms with Crippen molar-refractivity contribution in [3.05, 3.63) is 29.8 Å². The number of hydrogen-bond donors (Lipinski definition) is 1. The van der Waals surface area contributed by atoms with Crippen molar-refractivity contribution < 1.29 is 9.13 Å². The van der Waals surface area contributed by atoms with Crippen LogP contribution in [0.3, 0.4) is 0 Å². The lowest BCUT2D eigenvalue weighted by Crippen LogP contribution is -2.40. The highest BCUT2D eigenvalue weighted by atomic mass is 19.1. The van der Waals surface area contributed by atoms with Crippen molar-refractivity contribution in [1.82, 2.24) is 15.2 Å². The Kier molecular flexibility index (Phi) is 5.88. The van der Waals surface area contributed by atoms with Crippen molar-refractivity contribution in [1.29, 1.82) is 0 Å². The van der Waals surface area contributed by atoms with Gasteiger partial charge >= 0.3 is 0 Å². The zero-order chi connectivity index (χ0) is 14.4. The topological polar surface area (TPSA) is 37.4 Å². The summed E-state index contributed by atoms with van der Waals surface area (Å²) in [5, 5.41) is 3.49. The highest BCUT2D eigenvalue weighted by Crippen LogP contribution is 2.18. The Balaban J connectivity index is 1.82. The number of pyridine rings is 1. The van der Waals surface area contributed by atoms with Gasteiger partial charge in [-0.2, -0.15) is 0 Å². The second-order valence-corrected chi connectivity index (χ2v) is 5.39. The molecule has 1 fully saturated rings. The van der Waals surface area contributed by atoms with Crippen molar-refractivity contribution in [2.24, 2.45) is 0 Å². The molecule has 2 rings (SSSR count). The smallest absolute Gasteiger partial charge is 0.141 e. The lowest BCUT2D eigenvalue weighted by Gasteiger charge is -2.26. The van der Waals surface area contributed by atoms with E-state index >= 15 is 0 Å². The Morgan fingerprint density at radius 1 is 1.55 bits per heavy atom. The molecule has 0 bridgehead atoms. The van der Waals surface area contributed by atoms with Crippen LogP contribution in [0.2, 0.25) is 0 Å². The molecule has 1 saturated heterocycles. The van der Waals surface area contributed by atoms with Gasteiger partial charge in [0, 0.05) is 38.5 Å². The molecule has 0 aliphatic carbocycles. The molecule has 5 heteroatoms. The van der Waals surface area contributed by atoms with Gasteiger partial charge in [-0.25, -0.2) is 4.39 Å². The van der Waals surface area contributed by atoms with Crippen LogP contribution in [0.5, 0.6) is 0 Å². The first-order chi connectivity index (χ1) is 9.70. The Bertz CT molecular complexity index is 416. The van der Waals surface area contributed by atoms with E-state index in [0.29, 0.717) is 6.04 Å². The van der Waals surface area contributed by atoms with E-state index in [1.54, 1.807) is 19.4 Å². The fraction of sp³-hybridized carbons (Fsp3) is 0.667. The lowest BCUT2D eigenvalue weighted by molar-refractivity contribution is 0.139. The SMILES string of the molecule is COCCN1CCC[C@H]1CN[C@H](C)c1cncc(F)c1. The van der Waals surface area contributed by atoms with Crippen LogP contribution in [-0.4, -0.2) is 49.3 Å². The monoisotopic (exact) mass is 281 g/mol. The fourth-order valence-corrected chi connectivity index (χ4v) is 2.72. The number of methoxy groups -OCH3 is 1. The van der Waals surface area contributed by atoms with Gasteiger partial charge in [-0.15, -0.1) is 0 Å². The van der Waals surface area contributed by atoms with E-state index in [-0.39, 0.29) is 11.9 Å². The van der Waals surface area contributed by atoms with E-state index < -0.39 is 0 Å². The summed E-state index contributed by atoms with van der Waals surface area (Å²) in [6, 6.07) is 2.21. The summed E-state index contributed by atoms with van der Waals surface area (Å²) < 4.78 is 18.3. The molecule has 0 aromatic carbocycles. The Morgan fingerprint density at radius 3 is 3.15 bits per heavy atom. The minimum Gasteiger partial charge on any atom is -0.383 e. The first kappa shape index (κ1) is 15.4. The lowest BCUT2D eigenvalue weighted by atomic mass is 10.1. The maximum Gasteiger partial charge on any atom is 0.141 e. The quantitative estimate of drug-likeness (QED) is 0.829. The van der Waals surface area contributed by atoms with E-state index in [4.69, 9.17) is 4.74 Å². The molecule has 2 heterocycles. The van der Waals surface area contributed by atoms with Gasteiger partial charge in [0.15, 0.2) is 0 Å². The van der Waals surface area contributed by atoms with Crippen LogP contribution in [0.15, 0.2) is 18.5 Å². The van der Waals surface area contributed by atoms with Crippen molar-refractivity contribution >= 4 is 0 Å². The van der Waals surface area contributed by atoms with Crippen LogP contribution in [0.4, 0.5) is 4.39 Å². The number of likely N-dealkylation sites (tertiary alicyclic amines) is 1. The number of nitrogens with one attached hydrogen (secondary N) is 1. The maximum absolute atomic E-state index is 13.2. The molecule has 1 aromatic rings. The molecular formula is C15H24FN3O. The summed E-state index contributed by atoms with van der Waals surface area (Å²) in [6.07, 6.45) is 5.41. The van der Waals surface area contributed by atoms with Crippen LogP contribution in [0, 0.1) is 5.82 Å². The van der Waals surface area contributed by atoms with E-state index in [1.165, 1.54) is 19.0 Å². The maximum atomic E-state index is 13.2. The second-order valence-electron chi connectivity index (χ2n) is 5.39. The van der Waals surface area contributed by atoms with Gasteiger partial charge in [0.05, 0.1) is 12.8 Å². The second kappa shape index (κ2) is 7.67. The van der Waals surface area contributed by atoms with E-state index in [2.05, 4.69) is 15.2 Å². The summed E-state index contributed by atoms with van der Waals surface area (Å²) >= 11 is 0. The van der Waals surface area contributed by atoms with Gasteiger partial charge in [0.1, 0.15) is 5.82 Å². The molecule has 20 heavy (non-hydrogen) atoms. The van der Waals surface area contributed by atoms with Crippen LogP contribution in [-0.2, 0) is 4.74 Å². The predicted octanol–water partition coefficient (Wildman–Crippen LogP) is 1.98. The minimum atomic E-state index is -0.279. The molecule has 1 aliphatic rings. The molecule has 0 amide bonds. The average Bonchev–Trinajstić information content (AvgIpc) is 2.90. The van der Waals surface area contributed by atoms with Crippen LogP contribution < -0.4 is 5.32 Å². The molecule has 0 saturated carbocycles. The minimum absolute atomic E-state index is 0.114. The molecule has 1 aromatic heterocycles. The molecular weight excluding hydrogens is 257 g/mol. The zero-order valence-corrected chi connectivity index (χ0v) is 12.3. The van der Waals surface area contributed by atoms with Crippen LogP contribution >= 0.6 is 0 Å². The largest absolute Gasteiger partial charge is 0.383 e. The third-order valence-corrected chi connectivity index (χ3v) is 3.97. The average molecular weight is 281 g/mol. The van der Waals surface area contributed by atoms with E-state index in [0.717, 1.165) is 31.8 Å². The summed E-state index contributed by atoms with van der Waals surface area (Å²) in [4.78, 5) is 6.36. The number of ether oxygens (including phenoxy) is 1. The van der Waals surface area contributed by atoms with Gasteiger partial charge in [-0.3, -0.25) is 9.88 Å². The van der Waals surface area contributed by atoms with E-state index in [9.17, 15) is 4.39 Å². The highest BCUT2D eigenvalue weighted by molar-refractivity contribution is 5.14.